The summed E-state index contributed by atoms with van der Waals surface area (Å²) < 4.78 is 1.06. The molecule has 0 unspecified atom stereocenters. The van der Waals surface area contributed by atoms with E-state index in [4.69, 9.17) is 0 Å². The van der Waals surface area contributed by atoms with Crippen LogP contribution in [0.15, 0.2) is 83.8 Å². The highest BCUT2D eigenvalue weighted by atomic mass is 32.2. The van der Waals surface area contributed by atoms with Crippen molar-refractivity contribution in [2.24, 2.45) is 0 Å². The average Bonchev–Trinajstić information content (AvgIpc) is 3.14. The third kappa shape index (κ3) is 4.18. The molecule has 2 N–H and O–H groups in total. The number of nitrogens with one attached hydrogen (secondary N) is 2. The Morgan fingerprint density at radius 3 is 2.21 bits per heavy atom. The standard InChI is InChI=1S/C22H19N3OS2/c1-27-17-12-13-18-19(14-17)28-22(23-18)25-21(26)24-20(15-8-4-2-5-9-15)16-10-6-3-7-11-16/h2-14,20H,1H3,(H2,23,24,25,26). The van der Waals surface area contributed by atoms with E-state index in [1.54, 1.807) is 11.8 Å². The number of carbonyl (C=O) groups is 1. The van der Waals surface area contributed by atoms with Crippen molar-refractivity contribution in [3.8, 4) is 0 Å². The lowest BCUT2D eigenvalue weighted by Gasteiger charge is -2.19. The molecule has 4 rings (SSSR count). The lowest BCUT2D eigenvalue weighted by molar-refractivity contribution is 0.250. The molecule has 3 aromatic carbocycles. The van der Waals surface area contributed by atoms with Crippen LogP contribution in [0.25, 0.3) is 10.2 Å². The lowest BCUT2D eigenvalue weighted by Crippen LogP contribution is -2.33. The zero-order chi connectivity index (χ0) is 19.3. The number of hydrogen-bond donors (Lipinski definition) is 2. The summed E-state index contributed by atoms with van der Waals surface area (Å²) in [4.78, 5) is 18.4. The quantitative estimate of drug-likeness (QED) is 0.405. The predicted molar refractivity (Wildman–Crippen MR) is 118 cm³/mol. The van der Waals surface area contributed by atoms with Gasteiger partial charge in [-0.2, -0.15) is 0 Å². The molecule has 0 bridgehead atoms. The molecule has 0 aliphatic rings. The molecule has 0 saturated heterocycles. The fourth-order valence-electron chi connectivity index (χ4n) is 3.00. The van der Waals surface area contributed by atoms with Crippen molar-refractivity contribution in [2.75, 3.05) is 11.6 Å². The van der Waals surface area contributed by atoms with Crippen LogP contribution in [-0.4, -0.2) is 17.3 Å². The molecule has 6 heteroatoms. The van der Waals surface area contributed by atoms with Gasteiger partial charge in [0.05, 0.1) is 16.3 Å². The summed E-state index contributed by atoms with van der Waals surface area (Å²) in [7, 11) is 0. The smallest absolute Gasteiger partial charge is 0.321 e. The van der Waals surface area contributed by atoms with Crippen molar-refractivity contribution in [1.29, 1.82) is 0 Å². The van der Waals surface area contributed by atoms with Crippen molar-refractivity contribution in [1.82, 2.24) is 10.3 Å². The second-order valence-corrected chi connectivity index (χ2v) is 8.12. The molecule has 0 spiro atoms. The molecular weight excluding hydrogens is 386 g/mol. The molecule has 0 aliphatic carbocycles. The van der Waals surface area contributed by atoms with Crippen molar-refractivity contribution in [3.05, 3.63) is 90.0 Å². The Morgan fingerprint density at radius 2 is 1.61 bits per heavy atom. The molecule has 0 saturated carbocycles. The summed E-state index contributed by atoms with van der Waals surface area (Å²) in [5, 5.41) is 6.56. The number of anilines is 1. The van der Waals surface area contributed by atoms with Gasteiger partial charge in [-0.1, -0.05) is 72.0 Å². The first-order valence-electron chi connectivity index (χ1n) is 8.85. The Hall–Kier alpha value is -2.83. The van der Waals surface area contributed by atoms with Crippen molar-refractivity contribution >= 4 is 44.5 Å². The van der Waals surface area contributed by atoms with E-state index < -0.39 is 0 Å². The fraction of sp³-hybridized carbons (Fsp3) is 0.0909. The van der Waals surface area contributed by atoms with E-state index in [9.17, 15) is 4.79 Å². The number of fused-ring (bicyclic) bond motifs is 1. The molecule has 28 heavy (non-hydrogen) atoms. The van der Waals surface area contributed by atoms with E-state index >= 15 is 0 Å². The van der Waals surface area contributed by atoms with Gasteiger partial charge in [-0.25, -0.2) is 9.78 Å². The average molecular weight is 406 g/mol. The van der Waals surface area contributed by atoms with Gasteiger partial charge in [-0.05, 0) is 35.6 Å². The Kier molecular flexibility index (Phi) is 5.60. The number of thioether (sulfide) groups is 1. The van der Waals surface area contributed by atoms with Crippen LogP contribution in [0.4, 0.5) is 9.93 Å². The van der Waals surface area contributed by atoms with Gasteiger partial charge in [0.2, 0.25) is 0 Å². The summed E-state index contributed by atoms with van der Waals surface area (Å²) in [6, 6.07) is 25.5. The highest BCUT2D eigenvalue weighted by Crippen LogP contribution is 2.29. The zero-order valence-electron chi connectivity index (χ0n) is 15.3. The number of nitrogens with zero attached hydrogens (tertiary/aromatic N) is 1. The van der Waals surface area contributed by atoms with Crippen molar-refractivity contribution < 1.29 is 4.79 Å². The van der Waals surface area contributed by atoms with E-state index in [1.807, 2.05) is 79.1 Å². The van der Waals surface area contributed by atoms with Crippen LogP contribution in [0.1, 0.15) is 17.2 Å². The number of thiazole rings is 1. The van der Waals surface area contributed by atoms with E-state index in [0.717, 1.165) is 21.3 Å². The normalized spacial score (nSPS) is 10.9. The maximum atomic E-state index is 12.7. The monoisotopic (exact) mass is 405 g/mol. The molecule has 0 radical (unpaired) electrons. The SMILES string of the molecule is CSc1ccc2nc(NC(=O)NC(c3ccccc3)c3ccccc3)sc2c1. The highest BCUT2D eigenvalue weighted by molar-refractivity contribution is 7.98. The molecular formula is C22H19N3OS2. The number of amides is 2. The second kappa shape index (κ2) is 8.46. The summed E-state index contributed by atoms with van der Waals surface area (Å²) in [5.41, 5.74) is 2.94. The number of rotatable bonds is 5. The van der Waals surface area contributed by atoms with Crippen LogP contribution in [0, 0.1) is 0 Å². The molecule has 4 nitrogen and oxygen atoms in total. The molecule has 4 aromatic rings. The summed E-state index contributed by atoms with van der Waals surface area (Å²) >= 11 is 3.17. The van der Waals surface area contributed by atoms with Crippen LogP contribution >= 0.6 is 23.1 Å². The van der Waals surface area contributed by atoms with Crippen LogP contribution < -0.4 is 10.6 Å². The van der Waals surface area contributed by atoms with Gasteiger partial charge >= 0.3 is 6.03 Å². The largest absolute Gasteiger partial charge is 0.327 e. The van der Waals surface area contributed by atoms with Crippen molar-refractivity contribution in [3.63, 3.8) is 0 Å². The Bertz CT molecular complexity index is 1040. The van der Waals surface area contributed by atoms with Gasteiger partial charge < -0.3 is 5.32 Å². The Morgan fingerprint density at radius 1 is 0.964 bits per heavy atom. The van der Waals surface area contributed by atoms with Gasteiger partial charge in [0.1, 0.15) is 0 Å². The zero-order valence-corrected chi connectivity index (χ0v) is 16.9. The van der Waals surface area contributed by atoms with Gasteiger partial charge in [0.15, 0.2) is 5.13 Å². The van der Waals surface area contributed by atoms with E-state index in [2.05, 4.69) is 21.7 Å². The first-order valence-corrected chi connectivity index (χ1v) is 10.9. The summed E-state index contributed by atoms with van der Waals surface area (Å²) in [5.74, 6) is 0. The lowest BCUT2D eigenvalue weighted by atomic mass is 9.99. The van der Waals surface area contributed by atoms with Crippen LogP contribution in [0.5, 0.6) is 0 Å². The van der Waals surface area contributed by atoms with Gasteiger partial charge in [-0.3, -0.25) is 5.32 Å². The number of carbonyl (C=O) groups excluding carboxylic acids is 1. The van der Waals surface area contributed by atoms with Crippen LogP contribution in [-0.2, 0) is 0 Å². The number of urea groups is 1. The third-order valence-electron chi connectivity index (χ3n) is 4.36. The molecule has 0 atom stereocenters. The fourth-order valence-corrected chi connectivity index (χ4v) is 4.41. The minimum atomic E-state index is -0.276. The molecule has 0 fully saturated rings. The second-order valence-electron chi connectivity index (χ2n) is 6.21. The highest BCUT2D eigenvalue weighted by Gasteiger charge is 2.17. The molecule has 0 aliphatic heterocycles. The van der Waals surface area contributed by atoms with Crippen LogP contribution in [0.2, 0.25) is 0 Å². The Labute approximate surface area is 172 Å². The maximum absolute atomic E-state index is 12.7. The Balaban J connectivity index is 1.55. The summed E-state index contributed by atoms with van der Waals surface area (Å²) in [6.45, 7) is 0. The van der Waals surface area contributed by atoms with Gasteiger partial charge in [0, 0.05) is 4.90 Å². The van der Waals surface area contributed by atoms with E-state index in [-0.39, 0.29) is 12.1 Å². The predicted octanol–water partition coefficient (Wildman–Crippen LogP) is 5.93. The minimum Gasteiger partial charge on any atom is -0.327 e. The third-order valence-corrected chi connectivity index (χ3v) is 6.02. The number of aromatic nitrogens is 1. The van der Waals surface area contributed by atoms with Crippen molar-refractivity contribution in [2.45, 2.75) is 10.9 Å². The van der Waals surface area contributed by atoms with Crippen LogP contribution in [0.3, 0.4) is 0 Å². The van der Waals surface area contributed by atoms with Gasteiger partial charge in [0.25, 0.3) is 0 Å². The molecule has 1 heterocycles. The first kappa shape index (κ1) is 18.5. The van der Waals surface area contributed by atoms with E-state index in [1.165, 1.54) is 16.2 Å². The summed E-state index contributed by atoms with van der Waals surface area (Å²) in [6.07, 6.45) is 2.04. The number of hydrogen-bond acceptors (Lipinski definition) is 4. The maximum Gasteiger partial charge on any atom is 0.321 e. The minimum absolute atomic E-state index is 0.236. The number of benzene rings is 3. The van der Waals surface area contributed by atoms with Gasteiger partial charge in [-0.15, -0.1) is 11.8 Å². The van der Waals surface area contributed by atoms with E-state index in [0.29, 0.717) is 5.13 Å². The molecule has 2 amide bonds. The molecule has 1 aromatic heterocycles. The topological polar surface area (TPSA) is 54.0 Å². The first-order chi connectivity index (χ1) is 13.7. The molecule has 140 valence electrons.